The fraction of sp³-hybridized carbons (Fsp3) is 0.389. The van der Waals surface area contributed by atoms with E-state index in [2.05, 4.69) is 5.32 Å². The molecule has 2 heterocycles. The maximum Gasteiger partial charge on any atom is 0.261 e. The molecule has 140 valence electrons. The van der Waals surface area contributed by atoms with Crippen molar-refractivity contribution in [3.05, 3.63) is 57.3 Å². The Bertz CT molecular complexity index is 871. The first-order valence-electron chi connectivity index (χ1n) is 8.43. The lowest BCUT2D eigenvalue weighted by Gasteiger charge is -2.26. The Morgan fingerprint density at radius 3 is 2.50 bits per heavy atom. The second kappa shape index (κ2) is 8.30. The zero-order valence-electron chi connectivity index (χ0n) is 14.6. The summed E-state index contributed by atoms with van der Waals surface area (Å²) in [4.78, 5) is 14.0. The zero-order chi connectivity index (χ0) is 18.6. The first-order chi connectivity index (χ1) is 12.5. The average Bonchev–Trinajstić information content (AvgIpc) is 3.08. The van der Waals surface area contributed by atoms with Crippen LogP contribution < -0.4 is 5.32 Å². The van der Waals surface area contributed by atoms with Crippen LogP contribution in [0.1, 0.15) is 25.7 Å². The summed E-state index contributed by atoms with van der Waals surface area (Å²) in [7, 11) is -3.40. The number of thiophene rings is 1. The van der Waals surface area contributed by atoms with Gasteiger partial charge < -0.3 is 10.1 Å². The molecule has 1 fully saturated rings. The Labute approximate surface area is 157 Å². The van der Waals surface area contributed by atoms with Gasteiger partial charge in [-0.25, -0.2) is 8.42 Å². The molecule has 1 N–H and O–H groups in total. The number of nitrogens with one attached hydrogen (secondary N) is 1. The van der Waals surface area contributed by atoms with Gasteiger partial charge in [-0.1, -0.05) is 24.3 Å². The van der Waals surface area contributed by atoms with Gasteiger partial charge >= 0.3 is 0 Å². The summed E-state index contributed by atoms with van der Waals surface area (Å²) in [5.74, 6) is -0.217. The molecule has 0 radical (unpaired) electrons. The largest absolute Gasteiger partial charge is 0.379 e. The minimum Gasteiger partial charge on any atom is -0.379 e. The number of hydrogen-bond donors (Lipinski definition) is 1. The number of sulfonamides is 1. The van der Waals surface area contributed by atoms with Crippen molar-refractivity contribution in [3.8, 4) is 0 Å². The molecule has 6 nitrogen and oxygen atoms in total. The van der Waals surface area contributed by atoms with Crippen molar-refractivity contribution in [3.63, 3.8) is 0 Å². The number of amides is 1. The highest BCUT2D eigenvalue weighted by atomic mass is 32.2. The van der Waals surface area contributed by atoms with Crippen LogP contribution in [-0.2, 0) is 27.1 Å². The quantitative estimate of drug-likeness (QED) is 0.815. The highest BCUT2D eigenvalue weighted by molar-refractivity contribution is 7.88. The Morgan fingerprint density at radius 1 is 1.15 bits per heavy atom. The van der Waals surface area contributed by atoms with Crippen molar-refractivity contribution in [1.82, 2.24) is 9.62 Å². The number of nitrogens with zero attached hydrogens (tertiary/aromatic N) is 1. The molecule has 1 aliphatic rings. The predicted molar refractivity (Wildman–Crippen MR) is 102 cm³/mol. The minimum atomic E-state index is -3.40. The monoisotopic (exact) mass is 394 g/mol. The van der Waals surface area contributed by atoms with E-state index in [1.54, 1.807) is 12.1 Å². The summed E-state index contributed by atoms with van der Waals surface area (Å²) < 4.78 is 32.0. The van der Waals surface area contributed by atoms with Gasteiger partial charge in [-0.3, -0.25) is 4.79 Å². The molecule has 0 bridgehead atoms. The first-order valence-corrected chi connectivity index (χ1v) is 10.9. The molecular weight excluding hydrogens is 372 g/mol. The molecule has 0 saturated carbocycles. The van der Waals surface area contributed by atoms with E-state index in [0.29, 0.717) is 43.3 Å². The van der Waals surface area contributed by atoms with E-state index in [-0.39, 0.29) is 11.7 Å². The number of hydrogen-bond acceptors (Lipinski definition) is 5. The fourth-order valence-electron chi connectivity index (χ4n) is 2.80. The van der Waals surface area contributed by atoms with Crippen molar-refractivity contribution in [2.24, 2.45) is 0 Å². The molecule has 2 aromatic rings. The van der Waals surface area contributed by atoms with Crippen LogP contribution in [0.25, 0.3) is 0 Å². The highest BCUT2D eigenvalue weighted by Gasteiger charge is 2.25. The molecule has 0 atom stereocenters. The third-order valence-electron chi connectivity index (χ3n) is 4.22. The van der Waals surface area contributed by atoms with Crippen molar-refractivity contribution in [2.45, 2.75) is 19.2 Å². The number of benzene rings is 1. The minimum absolute atomic E-state index is 0.0723. The summed E-state index contributed by atoms with van der Waals surface area (Å²) >= 11 is 1.44. The number of rotatable bonds is 6. The van der Waals surface area contributed by atoms with Gasteiger partial charge in [0.2, 0.25) is 10.0 Å². The number of carbonyl (C=O) groups excluding carboxylic acids is 1. The predicted octanol–water partition coefficient (Wildman–Crippen LogP) is 2.15. The summed E-state index contributed by atoms with van der Waals surface area (Å²) in [6.45, 7) is 3.88. The second-order valence-electron chi connectivity index (χ2n) is 6.13. The molecule has 1 amide bonds. The molecule has 26 heavy (non-hydrogen) atoms. The second-order valence-corrected chi connectivity index (χ2v) is 9.39. The standard InChI is InChI=1S/C18H22N2O4S2/c1-14-6-7-17(25-14)18(21)19-12-15-4-2-3-5-16(15)13-26(22,23)20-8-10-24-11-9-20/h2-7H,8-13H2,1H3,(H,19,21). The summed E-state index contributed by atoms with van der Waals surface area (Å²) in [5, 5.41) is 2.88. The lowest BCUT2D eigenvalue weighted by molar-refractivity contribution is 0.0729. The van der Waals surface area contributed by atoms with Crippen molar-refractivity contribution in [1.29, 1.82) is 0 Å². The number of carbonyl (C=O) groups is 1. The van der Waals surface area contributed by atoms with Crippen molar-refractivity contribution in [2.75, 3.05) is 26.3 Å². The molecule has 1 saturated heterocycles. The van der Waals surface area contributed by atoms with Crippen LogP contribution in [0.4, 0.5) is 0 Å². The van der Waals surface area contributed by atoms with Crippen LogP contribution in [0.3, 0.4) is 0 Å². The summed E-state index contributed by atoms with van der Waals surface area (Å²) in [6.07, 6.45) is 0. The maximum atomic E-state index is 12.7. The maximum absolute atomic E-state index is 12.7. The SMILES string of the molecule is Cc1ccc(C(=O)NCc2ccccc2CS(=O)(=O)N2CCOCC2)s1. The van der Waals surface area contributed by atoms with E-state index in [1.807, 2.05) is 31.2 Å². The lowest BCUT2D eigenvalue weighted by atomic mass is 10.1. The van der Waals surface area contributed by atoms with E-state index in [1.165, 1.54) is 15.6 Å². The molecule has 1 aliphatic heterocycles. The van der Waals surface area contributed by atoms with Gasteiger partial charge in [0.1, 0.15) is 0 Å². The molecule has 0 spiro atoms. The van der Waals surface area contributed by atoms with E-state index < -0.39 is 10.0 Å². The van der Waals surface area contributed by atoms with Gasteiger partial charge in [0.05, 0.1) is 23.8 Å². The van der Waals surface area contributed by atoms with Gasteiger partial charge in [0, 0.05) is 24.5 Å². The summed E-state index contributed by atoms with van der Waals surface area (Å²) in [5.41, 5.74) is 1.52. The molecular formula is C18H22N2O4S2. The smallest absolute Gasteiger partial charge is 0.261 e. The van der Waals surface area contributed by atoms with Crippen LogP contribution in [0.5, 0.6) is 0 Å². The number of aryl methyl sites for hydroxylation is 1. The Hall–Kier alpha value is -1.74. The van der Waals surface area contributed by atoms with Crippen LogP contribution in [0.15, 0.2) is 36.4 Å². The van der Waals surface area contributed by atoms with Gasteiger partial charge in [-0.05, 0) is 30.2 Å². The fourth-order valence-corrected chi connectivity index (χ4v) is 5.15. The topological polar surface area (TPSA) is 75.7 Å². The van der Waals surface area contributed by atoms with E-state index in [9.17, 15) is 13.2 Å². The van der Waals surface area contributed by atoms with Crippen molar-refractivity contribution < 1.29 is 17.9 Å². The van der Waals surface area contributed by atoms with Crippen LogP contribution in [0.2, 0.25) is 0 Å². The molecule has 1 aromatic carbocycles. The van der Waals surface area contributed by atoms with E-state index in [0.717, 1.165) is 10.4 Å². The normalized spacial score (nSPS) is 15.7. The third kappa shape index (κ3) is 4.70. The van der Waals surface area contributed by atoms with Gasteiger partial charge in [0.25, 0.3) is 5.91 Å². The van der Waals surface area contributed by atoms with E-state index in [4.69, 9.17) is 4.74 Å². The molecule has 0 aliphatic carbocycles. The van der Waals surface area contributed by atoms with Gasteiger partial charge in [0.15, 0.2) is 0 Å². The lowest BCUT2D eigenvalue weighted by Crippen LogP contribution is -2.41. The van der Waals surface area contributed by atoms with Crippen LogP contribution in [-0.4, -0.2) is 44.9 Å². The van der Waals surface area contributed by atoms with E-state index >= 15 is 0 Å². The Balaban J connectivity index is 1.68. The summed E-state index contributed by atoms with van der Waals surface area (Å²) in [6, 6.07) is 11.0. The Morgan fingerprint density at radius 2 is 1.85 bits per heavy atom. The van der Waals surface area contributed by atoms with Gasteiger partial charge in [-0.15, -0.1) is 11.3 Å². The number of ether oxygens (including phenoxy) is 1. The Kier molecular flexibility index (Phi) is 6.08. The highest BCUT2D eigenvalue weighted by Crippen LogP contribution is 2.18. The third-order valence-corrected chi connectivity index (χ3v) is 7.05. The first kappa shape index (κ1) is 19.0. The van der Waals surface area contributed by atoms with Crippen molar-refractivity contribution >= 4 is 27.3 Å². The zero-order valence-corrected chi connectivity index (χ0v) is 16.2. The molecule has 3 rings (SSSR count). The molecule has 8 heteroatoms. The van der Waals surface area contributed by atoms with Gasteiger partial charge in [-0.2, -0.15) is 4.31 Å². The molecule has 1 aromatic heterocycles. The molecule has 0 unspecified atom stereocenters. The average molecular weight is 395 g/mol. The van der Waals surface area contributed by atoms with Crippen LogP contribution >= 0.6 is 11.3 Å². The van der Waals surface area contributed by atoms with Crippen LogP contribution in [0, 0.1) is 6.92 Å². The number of morpholine rings is 1.